The van der Waals surface area contributed by atoms with Crippen molar-refractivity contribution < 1.29 is 0 Å². The zero-order valence-corrected chi connectivity index (χ0v) is 9.00. The van der Waals surface area contributed by atoms with Crippen molar-refractivity contribution in [1.82, 2.24) is 0 Å². The molecule has 0 bridgehead atoms. The van der Waals surface area contributed by atoms with Gasteiger partial charge in [-0.15, -0.1) is 7.92 Å². The van der Waals surface area contributed by atoms with E-state index < -0.39 is 0 Å². The molecule has 0 amide bonds. The predicted molar refractivity (Wildman–Crippen MR) is 56.7 cm³/mol. The Bertz CT molecular complexity index is 65.3. The highest BCUT2D eigenvalue weighted by Gasteiger charge is 2.03. The van der Waals surface area contributed by atoms with E-state index in [1.165, 1.54) is 37.7 Å². The zero-order valence-electron chi connectivity index (χ0n) is 8.10. The van der Waals surface area contributed by atoms with E-state index in [0.717, 1.165) is 6.42 Å². The van der Waals surface area contributed by atoms with Crippen LogP contribution < -0.4 is 0 Å². The van der Waals surface area contributed by atoms with Gasteiger partial charge in [-0.3, -0.25) is 0 Å². The number of hydrogen-bond donors (Lipinski definition) is 0. The van der Waals surface area contributed by atoms with Gasteiger partial charge >= 0.3 is 0 Å². The zero-order chi connectivity index (χ0) is 8.53. The lowest BCUT2D eigenvalue weighted by molar-refractivity contribution is 0.945. The average Bonchev–Trinajstić information content (AvgIpc) is 2.01. The van der Waals surface area contributed by atoms with Gasteiger partial charge in [0.15, 0.2) is 0 Å². The minimum atomic E-state index is 0.393. The third kappa shape index (κ3) is 6.81. The molecule has 0 nitrogen and oxygen atoms in total. The van der Waals surface area contributed by atoms with Crippen molar-refractivity contribution in [1.29, 1.82) is 0 Å². The third-order valence-corrected chi connectivity index (χ3v) is 4.91. The number of rotatable bonds is 7. The van der Waals surface area contributed by atoms with Gasteiger partial charge in [0, 0.05) is 0 Å². The van der Waals surface area contributed by atoms with Crippen molar-refractivity contribution >= 4 is 7.92 Å². The maximum absolute atomic E-state index is 3.89. The summed E-state index contributed by atoms with van der Waals surface area (Å²) in [6, 6.07) is 0. The summed E-state index contributed by atoms with van der Waals surface area (Å²) in [5.74, 6) is 0. The van der Waals surface area contributed by atoms with E-state index in [-0.39, 0.29) is 0 Å². The van der Waals surface area contributed by atoms with Gasteiger partial charge in [-0.2, -0.15) is 0 Å². The van der Waals surface area contributed by atoms with Gasteiger partial charge < -0.3 is 0 Å². The van der Waals surface area contributed by atoms with Crippen LogP contribution in [0.3, 0.4) is 0 Å². The Hall–Kier alpha value is 0.430. The van der Waals surface area contributed by atoms with Crippen molar-refractivity contribution in [2.75, 3.05) is 18.5 Å². The van der Waals surface area contributed by atoms with Crippen LogP contribution in [0.5, 0.6) is 0 Å². The Morgan fingerprint density at radius 3 is 1.91 bits per heavy atom. The minimum absolute atomic E-state index is 0.393. The third-order valence-electron chi connectivity index (χ3n) is 1.80. The number of unbranched alkanes of at least 4 members (excludes halogenated alkanes) is 1. The van der Waals surface area contributed by atoms with Gasteiger partial charge in [0.05, 0.1) is 0 Å². The quantitative estimate of drug-likeness (QED) is 0.512. The molecule has 0 fully saturated rings. The van der Waals surface area contributed by atoms with Gasteiger partial charge in [-0.05, 0) is 24.9 Å². The highest BCUT2D eigenvalue weighted by atomic mass is 31.1. The largest absolute Gasteiger partial charge is 0.107 e. The van der Waals surface area contributed by atoms with Crippen LogP contribution in [0.1, 0.15) is 39.5 Å². The van der Waals surface area contributed by atoms with Crippen LogP contribution in [-0.2, 0) is 0 Å². The Balaban J connectivity index is 3.34. The Morgan fingerprint density at radius 2 is 1.55 bits per heavy atom. The standard InChI is InChI=1S/C10H22P/c1-4-7-10-11(8-5-2)9-6-3/h1,4-10H2,2-3H3. The molecule has 0 aliphatic heterocycles. The smallest absolute Gasteiger partial charge is 0.0326 e. The summed E-state index contributed by atoms with van der Waals surface area (Å²) in [6.45, 7) is 8.49. The van der Waals surface area contributed by atoms with Crippen molar-refractivity contribution in [3.8, 4) is 0 Å². The summed E-state index contributed by atoms with van der Waals surface area (Å²) in [5, 5.41) is 0. The van der Waals surface area contributed by atoms with Gasteiger partial charge in [-0.1, -0.05) is 40.0 Å². The Kier molecular flexibility index (Phi) is 8.86. The molecule has 0 heterocycles. The van der Waals surface area contributed by atoms with Crippen LogP contribution in [0.15, 0.2) is 0 Å². The van der Waals surface area contributed by atoms with Crippen molar-refractivity contribution in [2.24, 2.45) is 0 Å². The molecule has 1 heteroatoms. The van der Waals surface area contributed by atoms with Crippen LogP contribution in [0.2, 0.25) is 0 Å². The molecule has 0 saturated carbocycles. The fourth-order valence-electron chi connectivity index (χ4n) is 1.30. The summed E-state index contributed by atoms with van der Waals surface area (Å²) in [7, 11) is 0.393. The van der Waals surface area contributed by atoms with Gasteiger partial charge in [0.1, 0.15) is 0 Å². The summed E-state index contributed by atoms with van der Waals surface area (Å²) >= 11 is 0. The molecule has 0 N–H and O–H groups in total. The fourth-order valence-corrected chi connectivity index (χ4v) is 3.91. The monoisotopic (exact) mass is 173 g/mol. The van der Waals surface area contributed by atoms with Crippen LogP contribution >= 0.6 is 7.92 Å². The molecule has 0 aliphatic carbocycles. The average molecular weight is 173 g/mol. The predicted octanol–water partition coefficient (Wildman–Crippen LogP) is 3.90. The highest BCUT2D eigenvalue weighted by molar-refractivity contribution is 7.57. The molecule has 0 unspecified atom stereocenters. The molecule has 11 heavy (non-hydrogen) atoms. The molecule has 0 aromatic carbocycles. The van der Waals surface area contributed by atoms with E-state index in [1.807, 2.05) is 0 Å². The second-order valence-electron chi connectivity index (χ2n) is 3.05. The van der Waals surface area contributed by atoms with Crippen LogP contribution in [-0.4, -0.2) is 18.5 Å². The van der Waals surface area contributed by atoms with Gasteiger partial charge in [0.25, 0.3) is 0 Å². The molecule has 0 atom stereocenters. The molecule has 0 saturated heterocycles. The second kappa shape index (κ2) is 8.53. The van der Waals surface area contributed by atoms with Crippen LogP contribution in [0, 0.1) is 6.92 Å². The highest BCUT2D eigenvalue weighted by Crippen LogP contribution is 2.37. The normalized spacial score (nSPS) is 10.9. The lowest BCUT2D eigenvalue weighted by atomic mass is 10.4. The molecule has 0 spiro atoms. The van der Waals surface area contributed by atoms with E-state index in [9.17, 15) is 0 Å². The first-order valence-corrected chi connectivity index (χ1v) is 6.76. The summed E-state index contributed by atoms with van der Waals surface area (Å²) in [5.41, 5.74) is 0. The molecular formula is C10H22P. The molecule has 0 aromatic heterocycles. The van der Waals surface area contributed by atoms with Crippen LogP contribution in [0.4, 0.5) is 0 Å². The van der Waals surface area contributed by atoms with E-state index in [2.05, 4.69) is 20.8 Å². The molecule has 67 valence electrons. The molecule has 1 radical (unpaired) electrons. The maximum atomic E-state index is 3.89. The molecule has 0 rings (SSSR count). The lowest BCUT2D eigenvalue weighted by Crippen LogP contribution is -1.93. The minimum Gasteiger partial charge on any atom is -0.107 e. The number of hydrogen-bond acceptors (Lipinski definition) is 0. The van der Waals surface area contributed by atoms with Crippen molar-refractivity contribution in [3.05, 3.63) is 6.92 Å². The van der Waals surface area contributed by atoms with Crippen molar-refractivity contribution in [2.45, 2.75) is 39.5 Å². The van der Waals surface area contributed by atoms with Gasteiger partial charge in [-0.25, -0.2) is 0 Å². The molecular weight excluding hydrogens is 151 g/mol. The van der Waals surface area contributed by atoms with E-state index >= 15 is 0 Å². The Labute approximate surface area is 73.5 Å². The van der Waals surface area contributed by atoms with Gasteiger partial charge in [0.2, 0.25) is 0 Å². The topological polar surface area (TPSA) is 0 Å². The first-order chi connectivity index (χ1) is 5.35. The van der Waals surface area contributed by atoms with Crippen LogP contribution in [0.25, 0.3) is 0 Å². The lowest BCUT2D eigenvalue weighted by Gasteiger charge is -2.14. The maximum Gasteiger partial charge on any atom is -0.0326 e. The summed E-state index contributed by atoms with van der Waals surface area (Å²) in [4.78, 5) is 0. The van der Waals surface area contributed by atoms with E-state index in [4.69, 9.17) is 0 Å². The van der Waals surface area contributed by atoms with Crippen molar-refractivity contribution in [3.63, 3.8) is 0 Å². The second-order valence-corrected chi connectivity index (χ2v) is 5.73. The summed E-state index contributed by atoms with van der Waals surface area (Å²) < 4.78 is 0. The Morgan fingerprint density at radius 1 is 1.00 bits per heavy atom. The fraction of sp³-hybridized carbons (Fsp3) is 0.900. The first-order valence-electron chi connectivity index (χ1n) is 4.86. The first kappa shape index (κ1) is 11.4. The molecule has 0 aromatic rings. The van der Waals surface area contributed by atoms with E-state index in [0.29, 0.717) is 7.92 Å². The summed E-state index contributed by atoms with van der Waals surface area (Å²) in [6.07, 6.45) is 9.69. The molecule has 0 aliphatic rings. The van der Waals surface area contributed by atoms with E-state index in [1.54, 1.807) is 0 Å². The SMILES string of the molecule is [CH2]CCCP(CCC)CCC.